The molecule has 1 atom stereocenters. The van der Waals surface area contributed by atoms with Crippen molar-refractivity contribution >= 4 is 0 Å². The fraction of sp³-hybridized carbons (Fsp3) is 0.600. The van der Waals surface area contributed by atoms with Crippen LogP contribution in [-0.2, 0) is 0 Å². The minimum Gasteiger partial charge on any atom is -0.396 e. The van der Waals surface area contributed by atoms with Gasteiger partial charge < -0.3 is 10.8 Å². The normalized spacial score (nSPS) is 25.3. The summed E-state index contributed by atoms with van der Waals surface area (Å²) in [6, 6.07) is 10.6. The van der Waals surface area contributed by atoms with Crippen LogP contribution in [0.5, 0.6) is 0 Å². The van der Waals surface area contributed by atoms with E-state index >= 15 is 0 Å². The van der Waals surface area contributed by atoms with Crippen LogP contribution in [0.25, 0.3) is 0 Å². The molecule has 0 saturated heterocycles. The quantitative estimate of drug-likeness (QED) is 0.793. The number of benzene rings is 1. The van der Waals surface area contributed by atoms with E-state index in [1.807, 2.05) is 0 Å². The summed E-state index contributed by atoms with van der Waals surface area (Å²) >= 11 is 0. The molecule has 0 amide bonds. The zero-order valence-corrected chi connectivity index (χ0v) is 10.4. The third kappa shape index (κ3) is 3.08. The fourth-order valence-corrected chi connectivity index (χ4v) is 3.10. The first-order valence-corrected chi connectivity index (χ1v) is 6.71. The number of nitrogens with two attached hydrogens (primary N) is 1. The second-order valence-electron chi connectivity index (χ2n) is 5.20. The summed E-state index contributed by atoms with van der Waals surface area (Å²) in [7, 11) is 0. The average molecular weight is 233 g/mol. The zero-order chi connectivity index (χ0) is 12.1. The van der Waals surface area contributed by atoms with Crippen molar-refractivity contribution in [3.8, 4) is 0 Å². The molecule has 1 aromatic rings. The number of hydrogen-bond donors (Lipinski definition) is 2. The van der Waals surface area contributed by atoms with Crippen molar-refractivity contribution < 1.29 is 5.11 Å². The summed E-state index contributed by atoms with van der Waals surface area (Å²) in [4.78, 5) is 0. The molecular formula is C15H23NO. The molecule has 1 unspecified atom stereocenters. The summed E-state index contributed by atoms with van der Waals surface area (Å²) in [5, 5.41) is 9.22. The topological polar surface area (TPSA) is 46.2 Å². The summed E-state index contributed by atoms with van der Waals surface area (Å²) in [5.41, 5.74) is 6.98. The summed E-state index contributed by atoms with van der Waals surface area (Å²) < 4.78 is 0. The first-order valence-electron chi connectivity index (χ1n) is 6.71. The van der Waals surface area contributed by atoms with Gasteiger partial charge in [-0.3, -0.25) is 0 Å². The Labute approximate surface area is 104 Å². The predicted molar refractivity (Wildman–Crippen MR) is 70.8 cm³/mol. The van der Waals surface area contributed by atoms with Crippen molar-refractivity contribution in [1.29, 1.82) is 0 Å². The maximum absolute atomic E-state index is 9.22. The first kappa shape index (κ1) is 12.6. The van der Waals surface area contributed by atoms with Gasteiger partial charge in [0.15, 0.2) is 0 Å². The highest BCUT2D eigenvalue weighted by Gasteiger charge is 2.34. The molecule has 17 heavy (non-hydrogen) atoms. The summed E-state index contributed by atoms with van der Waals surface area (Å²) in [6.07, 6.45) is 4.63. The Morgan fingerprint density at radius 1 is 1.24 bits per heavy atom. The standard InChI is InChI=1S/C15H23NO/c16-8-6-12-10-14(11-12)15(7-9-17)13-4-2-1-3-5-13/h1-5,12,14-15,17H,6-11,16H2. The second kappa shape index (κ2) is 6.18. The maximum Gasteiger partial charge on any atom is 0.0436 e. The van der Waals surface area contributed by atoms with Crippen LogP contribution in [0.1, 0.15) is 37.2 Å². The Hall–Kier alpha value is -0.860. The molecule has 1 aromatic carbocycles. The lowest BCUT2D eigenvalue weighted by Gasteiger charge is -2.40. The van der Waals surface area contributed by atoms with Crippen LogP contribution < -0.4 is 5.73 Å². The number of aliphatic hydroxyl groups is 1. The van der Waals surface area contributed by atoms with E-state index in [1.165, 1.54) is 18.4 Å². The molecule has 0 aliphatic heterocycles. The Kier molecular flexibility index (Phi) is 4.57. The molecule has 1 aliphatic carbocycles. The first-order chi connectivity index (χ1) is 8.35. The molecule has 0 spiro atoms. The van der Waals surface area contributed by atoms with Crippen LogP contribution in [0.2, 0.25) is 0 Å². The molecule has 0 radical (unpaired) electrons. The Bertz CT molecular complexity index is 319. The molecule has 0 aromatic heterocycles. The lowest BCUT2D eigenvalue weighted by molar-refractivity contribution is 0.134. The number of hydrogen-bond acceptors (Lipinski definition) is 2. The zero-order valence-electron chi connectivity index (χ0n) is 10.4. The molecule has 2 rings (SSSR count). The second-order valence-corrected chi connectivity index (χ2v) is 5.20. The maximum atomic E-state index is 9.22. The van der Waals surface area contributed by atoms with Gasteiger partial charge in [-0.15, -0.1) is 0 Å². The van der Waals surface area contributed by atoms with Crippen molar-refractivity contribution in [2.24, 2.45) is 17.6 Å². The van der Waals surface area contributed by atoms with Gasteiger partial charge in [0.05, 0.1) is 0 Å². The lowest BCUT2D eigenvalue weighted by Crippen LogP contribution is -2.31. The largest absolute Gasteiger partial charge is 0.396 e. The Balaban J connectivity index is 1.95. The van der Waals surface area contributed by atoms with Gasteiger partial charge >= 0.3 is 0 Å². The van der Waals surface area contributed by atoms with E-state index in [9.17, 15) is 5.11 Å². The predicted octanol–water partition coefficient (Wildman–Crippen LogP) is 2.53. The highest BCUT2D eigenvalue weighted by molar-refractivity contribution is 5.21. The van der Waals surface area contributed by atoms with Crippen LogP contribution in [0.3, 0.4) is 0 Å². The van der Waals surface area contributed by atoms with Gasteiger partial charge in [-0.1, -0.05) is 30.3 Å². The van der Waals surface area contributed by atoms with Gasteiger partial charge in [-0.25, -0.2) is 0 Å². The van der Waals surface area contributed by atoms with Crippen LogP contribution in [0.4, 0.5) is 0 Å². The highest BCUT2D eigenvalue weighted by atomic mass is 16.3. The Morgan fingerprint density at radius 2 is 1.94 bits per heavy atom. The van der Waals surface area contributed by atoms with Gasteiger partial charge in [0.25, 0.3) is 0 Å². The highest BCUT2D eigenvalue weighted by Crippen LogP contribution is 2.45. The summed E-state index contributed by atoms with van der Waals surface area (Å²) in [5.74, 6) is 2.12. The minimum atomic E-state index is 0.289. The van der Waals surface area contributed by atoms with E-state index in [0.29, 0.717) is 5.92 Å². The summed E-state index contributed by atoms with van der Waals surface area (Å²) in [6.45, 7) is 1.10. The van der Waals surface area contributed by atoms with Crippen molar-refractivity contribution in [2.45, 2.75) is 31.6 Å². The third-order valence-corrected chi connectivity index (χ3v) is 4.08. The van der Waals surface area contributed by atoms with Gasteiger partial charge in [0.2, 0.25) is 0 Å². The van der Waals surface area contributed by atoms with Gasteiger partial charge in [-0.2, -0.15) is 0 Å². The van der Waals surface area contributed by atoms with Crippen molar-refractivity contribution in [3.63, 3.8) is 0 Å². The number of rotatable bonds is 6. The van der Waals surface area contributed by atoms with E-state index in [1.54, 1.807) is 0 Å². The van der Waals surface area contributed by atoms with Crippen LogP contribution >= 0.6 is 0 Å². The fourth-order valence-electron chi connectivity index (χ4n) is 3.10. The molecule has 0 heterocycles. The molecule has 2 heteroatoms. The van der Waals surface area contributed by atoms with Crippen LogP contribution in [0, 0.1) is 11.8 Å². The van der Waals surface area contributed by atoms with Crippen molar-refractivity contribution in [2.75, 3.05) is 13.2 Å². The van der Waals surface area contributed by atoms with E-state index in [-0.39, 0.29) is 6.61 Å². The van der Waals surface area contributed by atoms with Gasteiger partial charge in [-0.05, 0) is 55.5 Å². The van der Waals surface area contributed by atoms with Crippen LogP contribution in [-0.4, -0.2) is 18.3 Å². The lowest BCUT2D eigenvalue weighted by atomic mass is 9.65. The van der Waals surface area contributed by atoms with E-state index in [2.05, 4.69) is 30.3 Å². The molecular weight excluding hydrogens is 210 g/mol. The third-order valence-electron chi connectivity index (χ3n) is 4.08. The SMILES string of the molecule is NCCC1CC(C(CCO)c2ccccc2)C1. The molecule has 2 nitrogen and oxygen atoms in total. The minimum absolute atomic E-state index is 0.289. The monoisotopic (exact) mass is 233 g/mol. The van der Waals surface area contributed by atoms with Crippen LogP contribution in [0.15, 0.2) is 30.3 Å². The molecule has 1 saturated carbocycles. The smallest absolute Gasteiger partial charge is 0.0436 e. The molecule has 0 bridgehead atoms. The average Bonchev–Trinajstić information content (AvgIpc) is 2.32. The molecule has 94 valence electrons. The van der Waals surface area contributed by atoms with E-state index in [4.69, 9.17) is 5.73 Å². The molecule has 1 fully saturated rings. The molecule has 1 aliphatic rings. The number of aliphatic hydroxyl groups excluding tert-OH is 1. The van der Waals surface area contributed by atoms with Gasteiger partial charge in [0, 0.05) is 6.61 Å². The van der Waals surface area contributed by atoms with Crippen molar-refractivity contribution in [3.05, 3.63) is 35.9 Å². The molecule has 3 N–H and O–H groups in total. The van der Waals surface area contributed by atoms with Crippen molar-refractivity contribution in [1.82, 2.24) is 0 Å². The van der Waals surface area contributed by atoms with E-state index < -0.39 is 0 Å². The Morgan fingerprint density at radius 3 is 2.53 bits per heavy atom. The van der Waals surface area contributed by atoms with E-state index in [0.717, 1.165) is 31.2 Å². The van der Waals surface area contributed by atoms with Gasteiger partial charge in [0.1, 0.15) is 0 Å².